The third-order valence-corrected chi connectivity index (χ3v) is 5.16. The maximum Gasteiger partial charge on any atom is 0.257 e. The first-order valence-electron chi connectivity index (χ1n) is 8.54. The molecule has 1 N–H and O–H groups in total. The molecule has 25 heavy (non-hydrogen) atoms. The van der Waals surface area contributed by atoms with Gasteiger partial charge in [0.25, 0.3) is 5.91 Å². The molecule has 3 rings (SSSR count). The highest BCUT2D eigenvalue weighted by molar-refractivity contribution is 5.98. The van der Waals surface area contributed by atoms with Gasteiger partial charge in [0.15, 0.2) is 11.6 Å². The van der Waals surface area contributed by atoms with E-state index in [0.717, 1.165) is 0 Å². The summed E-state index contributed by atoms with van der Waals surface area (Å²) in [6.45, 7) is 3.66. The minimum absolute atomic E-state index is 0.0323. The summed E-state index contributed by atoms with van der Waals surface area (Å²) in [4.78, 5) is 27.1. The van der Waals surface area contributed by atoms with Crippen LogP contribution in [-0.4, -0.2) is 56.7 Å². The monoisotopic (exact) mass is 350 g/mol. The molecule has 2 saturated heterocycles. The van der Waals surface area contributed by atoms with Gasteiger partial charge in [-0.15, -0.1) is 0 Å². The molecule has 0 bridgehead atoms. The molecule has 0 spiro atoms. The SMILES string of the molecule is CCOc1c(F)cccc1C(=O)N1C[C@@H]2COCC[C@]2(C(=O)NC)C1. The van der Waals surface area contributed by atoms with Gasteiger partial charge in [0.05, 0.1) is 24.2 Å². The number of rotatable bonds is 4. The Hall–Kier alpha value is -2.15. The lowest BCUT2D eigenvalue weighted by atomic mass is 9.73. The largest absolute Gasteiger partial charge is 0.490 e. The molecular weight excluding hydrogens is 327 g/mol. The van der Waals surface area contributed by atoms with Gasteiger partial charge in [-0.25, -0.2) is 4.39 Å². The standard InChI is InChI=1S/C18H23FN2O4/c1-3-25-15-13(5-4-6-14(15)19)16(22)21-9-12-10-24-8-7-18(12,11-21)17(23)20-2/h4-6,12H,3,7-11H2,1-2H3,(H,20,23)/t12-,18+/m1/s1. The fraction of sp³-hybridized carbons (Fsp3) is 0.556. The summed E-state index contributed by atoms with van der Waals surface area (Å²) in [6, 6.07) is 4.32. The molecule has 0 aromatic heterocycles. The number of amides is 2. The van der Waals surface area contributed by atoms with Crippen LogP contribution in [0.25, 0.3) is 0 Å². The van der Waals surface area contributed by atoms with Crippen LogP contribution in [0.4, 0.5) is 4.39 Å². The number of nitrogens with zero attached hydrogens (tertiary/aromatic N) is 1. The van der Waals surface area contributed by atoms with Crippen LogP contribution in [0.2, 0.25) is 0 Å². The zero-order valence-electron chi connectivity index (χ0n) is 14.5. The summed E-state index contributed by atoms with van der Waals surface area (Å²) < 4.78 is 24.9. The second-order valence-corrected chi connectivity index (χ2v) is 6.49. The number of ether oxygens (including phenoxy) is 2. The number of hydrogen-bond acceptors (Lipinski definition) is 4. The van der Waals surface area contributed by atoms with Crippen LogP contribution in [0.3, 0.4) is 0 Å². The molecule has 2 atom stereocenters. The smallest absolute Gasteiger partial charge is 0.257 e. The molecule has 2 amide bonds. The molecule has 6 nitrogen and oxygen atoms in total. The molecular formula is C18H23FN2O4. The van der Waals surface area contributed by atoms with Crippen molar-refractivity contribution in [2.45, 2.75) is 13.3 Å². The number of carbonyl (C=O) groups is 2. The van der Waals surface area contributed by atoms with Crippen molar-refractivity contribution in [3.8, 4) is 5.75 Å². The second kappa shape index (κ2) is 7.00. The third kappa shape index (κ3) is 2.97. The highest BCUT2D eigenvalue weighted by Gasteiger charge is 2.54. The fourth-order valence-electron chi connectivity index (χ4n) is 3.86. The van der Waals surface area contributed by atoms with E-state index in [-0.39, 0.29) is 35.7 Å². The average molecular weight is 350 g/mol. The Bertz CT molecular complexity index is 681. The zero-order valence-corrected chi connectivity index (χ0v) is 14.5. The highest BCUT2D eigenvalue weighted by Crippen LogP contribution is 2.43. The van der Waals surface area contributed by atoms with Gasteiger partial charge in [-0.2, -0.15) is 0 Å². The fourth-order valence-corrected chi connectivity index (χ4v) is 3.86. The molecule has 0 aliphatic carbocycles. The minimum Gasteiger partial charge on any atom is -0.490 e. The van der Waals surface area contributed by atoms with Crippen LogP contribution in [0, 0.1) is 17.2 Å². The number of para-hydroxylation sites is 1. The van der Waals surface area contributed by atoms with Gasteiger partial charge < -0.3 is 19.7 Å². The van der Waals surface area contributed by atoms with Crippen molar-refractivity contribution >= 4 is 11.8 Å². The van der Waals surface area contributed by atoms with E-state index >= 15 is 0 Å². The molecule has 0 saturated carbocycles. The lowest BCUT2D eigenvalue weighted by molar-refractivity contribution is -0.138. The Morgan fingerprint density at radius 2 is 2.28 bits per heavy atom. The topological polar surface area (TPSA) is 67.9 Å². The van der Waals surface area contributed by atoms with E-state index in [2.05, 4.69) is 5.32 Å². The number of nitrogens with one attached hydrogen (secondary N) is 1. The van der Waals surface area contributed by atoms with E-state index in [1.807, 2.05) is 0 Å². The van der Waals surface area contributed by atoms with Gasteiger partial charge in [-0.1, -0.05) is 6.07 Å². The summed E-state index contributed by atoms with van der Waals surface area (Å²) >= 11 is 0. The Morgan fingerprint density at radius 3 is 3.00 bits per heavy atom. The molecule has 136 valence electrons. The van der Waals surface area contributed by atoms with E-state index in [4.69, 9.17) is 9.47 Å². The van der Waals surface area contributed by atoms with Gasteiger partial charge in [0, 0.05) is 32.7 Å². The summed E-state index contributed by atoms with van der Waals surface area (Å²) in [7, 11) is 1.61. The number of carbonyl (C=O) groups excluding carboxylic acids is 2. The maximum atomic E-state index is 14.1. The second-order valence-electron chi connectivity index (χ2n) is 6.49. The molecule has 2 aliphatic rings. The summed E-state index contributed by atoms with van der Waals surface area (Å²) in [5.41, 5.74) is -0.449. The first kappa shape index (κ1) is 17.7. The summed E-state index contributed by atoms with van der Waals surface area (Å²) in [6.07, 6.45) is 0.572. The van der Waals surface area contributed by atoms with Gasteiger partial charge in [0.2, 0.25) is 5.91 Å². The van der Waals surface area contributed by atoms with E-state index in [0.29, 0.717) is 32.7 Å². The van der Waals surface area contributed by atoms with E-state index in [1.165, 1.54) is 12.1 Å². The molecule has 0 unspecified atom stereocenters. The van der Waals surface area contributed by atoms with Crippen LogP contribution in [0.5, 0.6) is 5.75 Å². The van der Waals surface area contributed by atoms with Gasteiger partial charge in [0.1, 0.15) is 0 Å². The van der Waals surface area contributed by atoms with Crippen LogP contribution in [-0.2, 0) is 9.53 Å². The molecule has 2 fully saturated rings. The van der Waals surface area contributed by atoms with Gasteiger partial charge in [-0.3, -0.25) is 9.59 Å². The Balaban J connectivity index is 1.90. The zero-order chi connectivity index (χ0) is 18.0. The van der Waals surface area contributed by atoms with Crippen molar-refractivity contribution in [3.05, 3.63) is 29.6 Å². The molecule has 2 aliphatic heterocycles. The molecule has 7 heteroatoms. The van der Waals surface area contributed by atoms with Crippen LogP contribution < -0.4 is 10.1 Å². The van der Waals surface area contributed by atoms with Gasteiger partial charge >= 0.3 is 0 Å². The number of benzene rings is 1. The van der Waals surface area contributed by atoms with Crippen molar-refractivity contribution < 1.29 is 23.5 Å². The van der Waals surface area contributed by atoms with Crippen LogP contribution in [0.1, 0.15) is 23.7 Å². The van der Waals surface area contributed by atoms with Gasteiger partial charge in [-0.05, 0) is 25.5 Å². The molecule has 2 heterocycles. The van der Waals surface area contributed by atoms with E-state index < -0.39 is 11.2 Å². The van der Waals surface area contributed by atoms with Crippen molar-refractivity contribution in [1.29, 1.82) is 0 Å². The quantitative estimate of drug-likeness (QED) is 0.892. The lowest BCUT2D eigenvalue weighted by Crippen LogP contribution is -2.49. The number of halogens is 1. The Morgan fingerprint density at radius 1 is 1.48 bits per heavy atom. The molecule has 1 aromatic carbocycles. The van der Waals surface area contributed by atoms with Crippen molar-refractivity contribution in [2.24, 2.45) is 11.3 Å². The van der Waals surface area contributed by atoms with Crippen LogP contribution >= 0.6 is 0 Å². The minimum atomic E-state index is -0.637. The summed E-state index contributed by atoms with van der Waals surface area (Å²) in [5, 5.41) is 2.72. The van der Waals surface area contributed by atoms with E-state index in [1.54, 1.807) is 24.9 Å². The highest BCUT2D eigenvalue weighted by atomic mass is 19.1. The normalized spacial score (nSPS) is 25.4. The Labute approximate surface area is 146 Å². The molecule has 0 radical (unpaired) electrons. The lowest BCUT2D eigenvalue weighted by Gasteiger charge is -2.36. The number of fused-ring (bicyclic) bond motifs is 1. The number of hydrogen-bond donors (Lipinski definition) is 1. The third-order valence-electron chi connectivity index (χ3n) is 5.16. The average Bonchev–Trinajstić information content (AvgIpc) is 3.03. The predicted octanol–water partition coefficient (Wildman–Crippen LogP) is 1.45. The van der Waals surface area contributed by atoms with E-state index in [9.17, 15) is 14.0 Å². The number of likely N-dealkylation sites (tertiary alicyclic amines) is 1. The first-order valence-corrected chi connectivity index (χ1v) is 8.54. The maximum absolute atomic E-state index is 14.1. The first-order chi connectivity index (χ1) is 12.0. The van der Waals surface area contributed by atoms with Crippen molar-refractivity contribution in [2.75, 3.05) is 40.0 Å². The predicted molar refractivity (Wildman–Crippen MR) is 88.9 cm³/mol. The summed E-state index contributed by atoms with van der Waals surface area (Å²) in [5.74, 6) is -1.04. The van der Waals surface area contributed by atoms with Crippen LogP contribution in [0.15, 0.2) is 18.2 Å². The molecule has 1 aromatic rings. The van der Waals surface area contributed by atoms with Crippen molar-refractivity contribution in [1.82, 2.24) is 10.2 Å². The Kier molecular flexibility index (Phi) is 4.94. The van der Waals surface area contributed by atoms with Crippen molar-refractivity contribution in [3.63, 3.8) is 0 Å².